The number of hydrogen-bond donors (Lipinski definition) is 0. The van der Waals surface area contributed by atoms with Crippen LogP contribution in [0.2, 0.25) is 5.02 Å². The van der Waals surface area contributed by atoms with Crippen molar-refractivity contribution in [1.29, 1.82) is 0 Å². The van der Waals surface area contributed by atoms with E-state index in [0.717, 1.165) is 49.0 Å². The van der Waals surface area contributed by atoms with E-state index in [9.17, 15) is 4.79 Å². The van der Waals surface area contributed by atoms with Crippen LogP contribution in [-0.2, 0) is 16.8 Å². The minimum absolute atomic E-state index is 0.429. The van der Waals surface area contributed by atoms with Gasteiger partial charge in [-0.05, 0) is 42.5 Å². The van der Waals surface area contributed by atoms with Crippen molar-refractivity contribution in [3.8, 4) is 5.75 Å². The number of benzene rings is 1. The zero-order valence-electron chi connectivity index (χ0n) is 11.3. The van der Waals surface area contributed by atoms with Crippen LogP contribution in [-0.4, -0.2) is 13.2 Å². The molecule has 0 spiro atoms. The lowest BCUT2D eigenvalue weighted by molar-refractivity contribution is 0.408. The van der Waals surface area contributed by atoms with Crippen molar-refractivity contribution in [3.05, 3.63) is 28.3 Å². The molecule has 1 aromatic rings. The number of aryl methyl sites for hydroxylation is 1. The van der Waals surface area contributed by atoms with E-state index in [2.05, 4.69) is 18.0 Å². The summed E-state index contributed by atoms with van der Waals surface area (Å²) >= 11 is 6.29. The van der Waals surface area contributed by atoms with Crippen LogP contribution in [0.4, 0.5) is 0 Å². The Labute approximate surface area is 118 Å². The molecule has 0 amide bonds. The van der Waals surface area contributed by atoms with Crippen LogP contribution in [0.5, 0.6) is 5.75 Å². The number of isocyanates is 1. The summed E-state index contributed by atoms with van der Waals surface area (Å²) < 4.78 is 5.34. The molecule has 1 saturated carbocycles. The van der Waals surface area contributed by atoms with Gasteiger partial charge in [-0.15, -0.1) is 0 Å². The Bertz CT molecular complexity index is 515. The van der Waals surface area contributed by atoms with Crippen LogP contribution in [0.15, 0.2) is 17.1 Å². The predicted octanol–water partition coefficient (Wildman–Crippen LogP) is 4.02. The first-order chi connectivity index (χ1) is 9.16. The van der Waals surface area contributed by atoms with E-state index in [1.165, 1.54) is 0 Å². The second-order valence-electron chi connectivity index (χ2n) is 4.95. The summed E-state index contributed by atoms with van der Waals surface area (Å²) in [5, 5.41) is 0.587. The van der Waals surface area contributed by atoms with Crippen molar-refractivity contribution >= 4 is 17.7 Å². The van der Waals surface area contributed by atoms with Gasteiger partial charge in [-0.3, -0.25) is 0 Å². The first-order valence-electron chi connectivity index (χ1n) is 6.63. The second-order valence-corrected chi connectivity index (χ2v) is 5.35. The molecule has 1 fully saturated rings. The lowest BCUT2D eigenvalue weighted by Gasteiger charge is -2.24. The molecule has 4 heteroatoms. The number of rotatable bonds is 4. The maximum Gasteiger partial charge on any atom is 0.235 e. The topological polar surface area (TPSA) is 38.7 Å². The molecule has 0 aromatic heterocycles. The van der Waals surface area contributed by atoms with Gasteiger partial charge in [0.2, 0.25) is 6.08 Å². The van der Waals surface area contributed by atoms with Gasteiger partial charge >= 0.3 is 0 Å². The van der Waals surface area contributed by atoms with Crippen molar-refractivity contribution in [2.24, 2.45) is 4.99 Å². The number of carbonyl (C=O) groups excluding carboxylic acids is 1. The third-order valence-corrected chi connectivity index (χ3v) is 4.21. The first kappa shape index (κ1) is 14.1. The van der Waals surface area contributed by atoms with Gasteiger partial charge in [0.15, 0.2) is 0 Å². The van der Waals surface area contributed by atoms with Gasteiger partial charge in [-0.1, -0.05) is 31.4 Å². The van der Waals surface area contributed by atoms with Crippen molar-refractivity contribution in [2.75, 3.05) is 7.11 Å². The molecule has 0 heterocycles. The lowest BCUT2D eigenvalue weighted by Crippen LogP contribution is -2.19. The van der Waals surface area contributed by atoms with E-state index in [4.69, 9.17) is 16.3 Å². The molecule has 0 unspecified atom stereocenters. The van der Waals surface area contributed by atoms with Crippen LogP contribution < -0.4 is 4.74 Å². The zero-order chi connectivity index (χ0) is 13.9. The molecule has 0 radical (unpaired) electrons. The van der Waals surface area contributed by atoms with Gasteiger partial charge in [-0.2, -0.15) is 4.99 Å². The van der Waals surface area contributed by atoms with Gasteiger partial charge in [0, 0.05) is 0 Å². The minimum atomic E-state index is -0.429. The maximum atomic E-state index is 10.8. The van der Waals surface area contributed by atoms with Gasteiger partial charge in [0.05, 0.1) is 17.7 Å². The summed E-state index contributed by atoms with van der Waals surface area (Å²) in [6.07, 6.45) is 6.49. The molecule has 19 heavy (non-hydrogen) atoms. The SMILES string of the molecule is CCc1cc(C2(N=C=O)CCCC2)cc(Cl)c1OC. The van der Waals surface area contributed by atoms with Crippen molar-refractivity contribution in [1.82, 2.24) is 0 Å². The Balaban J connectivity index is 2.55. The largest absolute Gasteiger partial charge is 0.495 e. The highest BCUT2D eigenvalue weighted by Crippen LogP contribution is 2.44. The molecule has 1 aliphatic carbocycles. The van der Waals surface area contributed by atoms with E-state index in [0.29, 0.717) is 5.02 Å². The molecule has 0 atom stereocenters. The van der Waals surface area contributed by atoms with Crippen LogP contribution in [0, 0.1) is 0 Å². The number of halogens is 1. The number of hydrogen-bond acceptors (Lipinski definition) is 3. The van der Waals surface area contributed by atoms with E-state index >= 15 is 0 Å². The number of methoxy groups -OCH3 is 1. The van der Waals surface area contributed by atoms with Gasteiger partial charge < -0.3 is 4.74 Å². The Kier molecular flexibility index (Phi) is 4.28. The van der Waals surface area contributed by atoms with Crippen molar-refractivity contribution < 1.29 is 9.53 Å². The standard InChI is InChI=1S/C15H18ClNO2/c1-3-11-8-12(9-13(16)14(11)19-2)15(17-10-18)6-4-5-7-15/h8-9H,3-7H2,1-2H3. The molecule has 1 aromatic carbocycles. The molecule has 0 N–H and O–H groups in total. The average molecular weight is 280 g/mol. The van der Waals surface area contributed by atoms with Crippen LogP contribution in [0.3, 0.4) is 0 Å². The lowest BCUT2D eigenvalue weighted by atomic mass is 9.87. The van der Waals surface area contributed by atoms with E-state index in [-0.39, 0.29) is 0 Å². The van der Waals surface area contributed by atoms with Crippen LogP contribution >= 0.6 is 11.6 Å². The van der Waals surface area contributed by atoms with Gasteiger partial charge in [0.1, 0.15) is 5.75 Å². The highest BCUT2D eigenvalue weighted by molar-refractivity contribution is 6.32. The van der Waals surface area contributed by atoms with E-state index in [1.54, 1.807) is 13.2 Å². The quantitative estimate of drug-likeness (QED) is 0.617. The third kappa shape index (κ3) is 2.54. The highest BCUT2D eigenvalue weighted by Gasteiger charge is 2.36. The number of ether oxygens (including phenoxy) is 1. The van der Waals surface area contributed by atoms with Crippen molar-refractivity contribution in [2.45, 2.75) is 44.6 Å². The molecular weight excluding hydrogens is 262 g/mol. The van der Waals surface area contributed by atoms with Gasteiger partial charge in [0.25, 0.3) is 0 Å². The van der Waals surface area contributed by atoms with Crippen LogP contribution in [0.25, 0.3) is 0 Å². The summed E-state index contributed by atoms with van der Waals surface area (Å²) in [7, 11) is 1.62. The molecule has 102 valence electrons. The first-order valence-corrected chi connectivity index (χ1v) is 7.00. The molecule has 2 rings (SSSR count). The fourth-order valence-corrected chi connectivity index (χ4v) is 3.24. The summed E-state index contributed by atoms with van der Waals surface area (Å²) in [6, 6.07) is 3.95. The molecule has 1 aliphatic rings. The fraction of sp³-hybridized carbons (Fsp3) is 0.533. The Morgan fingerprint density at radius 3 is 2.63 bits per heavy atom. The average Bonchev–Trinajstić information content (AvgIpc) is 2.88. The normalized spacial score (nSPS) is 17.0. The summed E-state index contributed by atoms with van der Waals surface area (Å²) in [5.41, 5.74) is 1.63. The fourth-order valence-electron chi connectivity index (χ4n) is 2.92. The van der Waals surface area contributed by atoms with Gasteiger partial charge in [-0.25, -0.2) is 4.79 Å². The Morgan fingerprint density at radius 1 is 1.42 bits per heavy atom. The predicted molar refractivity (Wildman–Crippen MR) is 75.6 cm³/mol. The van der Waals surface area contributed by atoms with E-state index in [1.807, 2.05) is 6.07 Å². The smallest absolute Gasteiger partial charge is 0.235 e. The molecule has 0 bridgehead atoms. The summed E-state index contributed by atoms with van der Waals surface area (Å²) in [6.45, 7) is 2.06. The maximum absolute atomic E-state index is 10.8. The molecular formula is C15H18ClNO2. The summed E-state index contributed by atoms with van der Waals surface area (Å²) in [4.78, 5) is 14.8. The molecule has 0 saturated heterocycles. The Morgan fingerprint density at radius 2 is 2.11 bits per heavy atom. The number of aliphatic imine (C=N–C) groups is 1. The van der Waals surface area contributed by atoms with Crippen LogP contribution in [0.1, 0.15) is 43.7 Å². The van der Waals surface area contributed by atoms with Crippen molar-refractivity contribution in [3.63, 3.8) is 0 Å². The molecule has 0 aliphatic heterocycles. The minimum Gasteiger partial charge on any atom is -0.495 e. The number of nitrogens with zero attached hydrogens (tertiary/aromatic N) is 1. The zero-order valence-corrected chi connectivity index (χ0v) is 12.1. The molecule has 3 nitrogen and oxygen atoms in total. The highest BCUT2D eigenvalue weighted by atomic mass is 35.5. The monoisotopic (exact) mass is 279 g/mol. The summed E-state index contributed by atoms with van der Waals surface area (Å²) in [5.74, 6) is 0.719. The Hall–Kier alpha value is -1.31. The third-order valence-electron chi connectivity index (χ3n) is 3.93. The van der Waals surface area contributed by atoms with E-state index < -0.39 is 5.54 Å². The second kappa shape index (κ2) is 5.77.